The Morgan fingerprint density at radius 1 is 0.750 bits per heavy atom. The van der Waals surface area contributed by atoms with Crippen LogP contribution in [0.2, 0.25) is 0 Å². The standard InChI is InChI=1S/C17H37NS.ClH/c1-5-6-7-8-9-10-11-12-13-14-15-17(19)16-18(2,3)4;/h17H,5-16H2,1-4H3;1H. The van der Waals surface area contributed by atoms with Gasteiger partial charge in [0.2, 0.25) is 0 Å². The van der Waals surface area contributed by atoms with Crippen LogP contribution < -0.4 is 12.4 Å². The first-order chi connectivity index (χ1) is 8.95. The minimum absolute atomic E-state index is 0. The molecule has 1 unspecified atom stereocenters. The van der Waals surface area contributed by atoms with Gasteiger partial charge in [-0.2, -0.15) is 12.6 Å². The Morgan fingerprint density at radius 2 is 1.15 bits per heavy atom. The molecule has 0 bridgehead atoms. The van der Waals surface area contributed by atoms with E-state index in [0.29, 0.717) is 5.25 Å². The van der Waals surface area contributed by atoms with Crippen LogP contribution in [0.5, 0.6) is 0 Å². The molecule has 0 N–H and O–H groups in total. The first-order valence-corrected chi connectivity index (χ1v) is 8.96. The molecule has 0 amide bonds. The van der Waals surface area contributed by atoms with Gasteiger partial charge in [-0.1, -0.05) is 71.1 Å². The van der Waals surface area contributed by atoms with Gasteiger partial charge >= 0.3 is 0 Å². The average molecular weight is 324 g/mol. The summed E-state index contributed by atoms with van der Waals surface area (Å²) in [5.74, 6) is 0. The summed E-state index contributed by atoms with van der Waals surface area (Å²) in [6, 6.07) is 0. The second-order valence-corrected chi connectivity index (χ2v) is 7.83. The summed E-state index contributed by atoms with van der Waals surface area (Å²) in [5.41, 5.74) is 0. The second-order valence-electron chi connectivity index (χ2n) is 7.10. The van der Waals surface area contributed by atoms with Crippen molar-refractivity contribution in [2.45, 2.75) is 82.8 Å². The molecule has 20 heavy (non-hydrogen) atoms. The van der Waals surface area contributed by atoms with E-state index < -0.39 is 0 Å². The van der Waals surface area contributed by atoms with Gasteiger partial charge in [0.25, 0.3) is 0 Å². The van der Waals surface area contributed by atoms with Gasteiger partial charge in [0.15, 0.2) is 0 Å². The maximum absolute atomic E-state index is 4.70. The molecule has 0 aliphatic carbocycles. The Hall–Kier alpha value is 0.600. The smallest absolute Gasteiger partial charge is 0.0898 e. The Balaban J connectivity index is 0. The zero-order chi connectivity index (χ0) is 14.6. The number of rotatable bonds is 13. The summed E-state index contributed by atoms with van der Waals surface area (Å²) >= 11 is 4.70. The number of hydrogen-bond acceptors (Lipinski definition) is 1. The normalized spacial score (nSPS) is 13.1. The lowest BCUT2D eigenvalue weighted by atomic mass is 10.1. The van der Waals surface area contributed by atoms with E-state index in [-0.39, 0.29) is 12.4 Å². The summed E-state index contributed by atoms with van der Waals surface area (Å²) in [7, 11) is 6.76. The molecular formula is C17H38ClNS. The highest BCUT2D eigenvalue weighted by atomic mass is 35.5. The largest absolute Gasteiger partial charge is 1.00 e. The van der Waals surface area contributed by atoms with E-state index >= 15 is 0 Å². The van der Waals surface area contributed by atoms with E-state index in [4.69, 9.17) is 12.6 Å². The second kappa shape index (κ2) is 14.5. The van der Waals surface area contributed by atoms with Gasteiger partial charge in [-0.25, -0.2) is 0 Å². The maximum atomic E-state index is 4.70. The van der Waals surface area contributed by atoms with Gasteiger partial charge in [0.05, 0.1) is 32.9 Å². The van der Waals surface area contributed by atoms with Crippen molar-refractivity contribution in [2.75, 3.05) is 27.7 Å². The quantitative estimate of drug-likeness (QED) is 0.300. The molecule has 0 saturated carbocycles. The average Bonchev–Trinajstić information content (AvgIpc) is 2.29. The Bertz CT molecular complexity index is 192. The maximum Gasteiger partial charge on any atom is 0.0898 e. The Morgan fingerprint density at radius 3 is 1.55 bits per heavy atom. The lowest BCUT2D eigenvalue weighted by Gasteiger charge is -2.27. The lowest BCUT2D eigenvalue weighted by Crippen LogP contribution is -3.00. The Labute approximate surface area is 140 Å². The lowest BCUT2D eigenvalue weighted by molar-refractivity contribution is -0.869. The van der Waals surface area contributed by atoms with E-state index in [1.54, 1.807) is 0 Å². The molecule has 0 saturated heterocycles. The molecule has 0 fully saturated rings. The number of thiol groups is 1. The minimum atomic E-state index is 0. The molecule has 1 atom stereocenters. The molecule has 0 aliphatic rings. The minimum Gasteiger partial charge on any atom is -1.00 e. The third-order valence-corrected chi connectivity index (χ3v) is 4.07. The van der Waals surface area contributed by atoms with E-state index in [1.807, 2.05) is 0 Å². The topological polar surface area (TPSA) is 0 Å². The molecule has 3 heteroatoms. The first-order valence-electron chi connectivity index (χ1n) is 8.44. The monoisotopic (exact) mass is 323 g/mol. The van der Waals surface area contributed by atoms with Gasteiger partial charge in [0.1, 0.15) is 0 Å². The molecular weight excluding hydrogens is 286 g/mol. The van der Waals surface area contributed by atoms with Crippen LogP contribution in [-0.4, -0.2) is 37.4 Å². The van der Waals surface area contributed by atoms with Crippen LogP contribution >= 0.6 is 12.6 Å². The van der Waals surface area contributed by atoms with E-state index in [2.05, 4.69) is 28.1 Å². The van der Waals surface area contributed by atoms with E-state index in [9.17, 15) is 0 Å². The molecule has 124 valence electrons. The summed E-state index contributed by atoms with van der Waals surface area (Å²) in [6.07, 6.45) is 15.5. The molecule has 0 spiro atoms. The summed E-state index contributed by atoms with van der Waals surface area (Å²) in [5, 5.41) is 0.578. The molecule has 0 aliphatic heterocycles. The summed E-state index contributed by atoms with van der Waals surface area (Å²) in [6.45, 7) is 3.47. The zero-order valence-electron chi connectivity index (χ0n) is 14.3. The molecule has 0 aromatic rings. The third-order valence-electron chi connectivity index (χ3n) is 3.65. The van der Waals surface area contributed by atoms with Crippen molar-refractivity contribution < 1.29 is 16.9 Å². The summed E-state index contributed by atoms with van der Waals surface area (Å²) in [4.78, 5) is 0. The molecule has 0 heterocycles. The highest BCUT2D eigenvalue weighted by Crippen LogP contribution is 2.14. The predicted molar refractivity (Wildman–Crippen MR) is 92.1 cm³/mol. The van der Waals surface area contributed by atoms with Gasteiger partial charge in [-0.3, -0.25) is 0 Å². The van der Waals surface area contributed by atoms with Crippen LogP contribution in [0.1, 0.15) is 77.6 Å². The number of nitrogens with zero attached hydrogens (tertiary/aromatic N) is 1. The fraction of sp³-hybridized carbons (Fsp3) is 1.00. The number of unbranched alkanes of at least 4 members (excludes halogenated alkanes) is 9. The fourth-order valence-corrected chi connectivity index (χ4v) is 3.26. The van der Waals surface area contributed by atoms with Gasteiger partial charge < -0.3 is 16.9 Å². The van der Waals surface area contributed by atoms with E-state index in [1.165, 1.54) is 77.2 Å². The van der Waals surface area contributed by atoms with Crippen LogP contribution in [-0.2, 0) is 0 Å². The number of hydrogen-bond donors (Lipinski definition) is 1. The van der Waals surface area contributed by atoms with Crippen molar-refractivity contribution in [2.24, 2.45) is 0 Å². The zero-order valence-corrected chi connectivity index (χ0v) is 16.0. The van der Waals surface area contributed by atoms with Crippen LogP contribution in [0.4, 0.5) is 0 Å². The van der Waals surface area contributed by atoms with Gasteiger partial charge in [-0.05, 0) is 6.42 Å². The van der Waals surface area contributed by atoms with Crippen LogP contribution in [0, 0.1) is 0 Å². The van der Waals surface area contributed by atoms with Gasteiger partial charge in [0, 0.05) is 0 Å². The number of halogens is 1. The molecule has 1 nitrogen and oxygen atoms in total. The highest BCUT2D eigenvalue weighted by molar-refractivity contribution is 7.81. The van der Waals surface area contributed by atoms with Crippen molar-refractivity contribution in [1.82, 2.24) is 0 Å². The van der Waals surface area contributed by atoms with Crippen molar-refractivity contribution in [3.05, 3.63) is 0 Å². The first kappa shape index (κ1) is 22.9. The number of quaternary nitrogens is 1. The van der Waals surface area contributed by atoms with Crippen molar-refractivity contribution in [1.29, 1.82) is 0 Å². The summed E-state index contributed by atoms with van der Waals surface area (Å²) < 4.78 is 1.03. The SMILES string of the molecule is CCCCCCCCCCCCC(S)C[N+](C)(C)C.[Cl-]. The third kappa shape index (κ3) is 18.6. The molecule has 0 aromatic carbocycles. The van der Waals surface area contributed by atoms with E-state index in [0.717, 1.165) is 4.48 Å². The predicted octanol–water partition coefficient (Wildman–Crippen LogP) is 2.31. The molecule has 0 rings (SSSR count). The van der Waals surface area contributed by atoms with Crippen molar-refractivity contribution >= 4 is 12.6 Å². The van der Waals surface area contributed by atoms with Crippen molar-refractivity contribution in [3.63, 3.8) is 0 Å². The highest BCUT2D eigenvalue weighted by Gasteiger charge is 2.13. The van der Waals surface area contributed by atoms with Crippen LogP contribution in [0.25, 0.3) is 0 Å². The van der Waals surface area contributed by atoms with Crippen LogP contribution in [0.3, 0.4) is 0 Å². The molecule has 0 radical (unpaired) electrons. The Kier molecular flexibility index (Phi) is 16.6. The molecule has 0 aromatic heterocycles. The van der Waals surface area contributed by atoms with Gasteiger partial charge in [-0.15, -0.1) is 0 Å². The fourth-order valence-electron chi connectivity index (χ4n) is 2.59. The van der Waals surface area contributed by atoms with Crippen LogP contribution in [0.15, 0.2) is 0 Å². The van der Waals surface area contributed by atoms with Crippen molar-refractivity contribution in [3.8, 4) is 0 Å².